The number of ether oxygens (including phenoxy) is 1. The molecule has 6 nitrogen and oxygen atoms in total. The molecular weight excluding hydrogens is 367 g/mol. The summed E-state index contributed by atoms with van der Waals surface area (Å²) in [5, 5.41) is 13.1. The number of unbranched alkanes of at least 4 members (excludes halogenated alkanes) is 2. The molecule has 1 N–H and O–H groups in total. The SMILES string of the molecule is CCCCCC(=O)N[C@H](Oc1ccc([N+](=O)[O-])cc1)C(Cl)(Cl)Cl. The molecule has 0 aromatic heterocycles. The molecule has 0 unspecified atom stereocenters. The Morgan fingerprint density at radius 1 is 1.30 bits per heavy atom. The van der Waals surface area contributed by atoms with Crippen LogP contribution in [0.1, 0.15) is 32.6 Å². The quantitative estimate of drug-likeness (QED) is 0.238. The summed E-state index contributed by atoms with van der Waals surface area (Å²) in [4.78, 5) is 21.9. The largest absolute Gasteiger partial charge is 0.466 e. The number of benzene rings is 1. The number of non-ortho nitro benzene ring substituents is 1. The normalized spacial score (nSPS) is 12.5. The molecule has 128 valence electrons. The van der Waals surface area contributed by atoms with Gasteiger partial charge in [-0.25, -0.2) is 0 Å². The van der Waals surface area contributed by atoms with E-state index in [9.17, 15) is 14.9 Å². The number of halogens is 3. The highest BCUT2D eigenvalue weighted by Gasteiger charge is 2.36. The molecule has 0 heterocycles. The van der Waals surface area contributed by atoms with Gasteiger partial charge in [-0.2, -0.15) is 0 Å². The van der Waals surface area contributed by atoms with Crippen LogP contribution in [-0.2, 0) is 4.79 Å². The Labute approximate surface area is 149 Å². The second kappa shape index (κ2) is 9.15. The number of rotatable bonds is 8. The molecule has 23 heavy (non-hydrogen) atoms. The van der Waals surface area contributed by atoms with Crippen molar-refractivity contribution in [2.75, 3.05) is 0 Å². The fourth-order valence-corrected chi connectivity index (χ4v) is 2.01. The molecule has 1 atom stereocenters. The minimum Gasteiger partial charge on any atom is -0.466 e. The molecule has 0 aliphatic carbocycles. The molecule has 9 heteroatoms. The molecule has 1 aromatic rings. The maximum atomic E-state index is 11.9. The third-order valence-electron chi connectivity index (χ3n) is 2.90. The standard InChI is InChI=1S/C14H17Cl3N2O4/c1-2-3-4-5-12(20)18-13(14(15,16)17)23-11-8-6-10(7-9-11)19(21)22/h6-9,13H,2-5H2,1H3,(H,18,20)/t13-/m1/s1. The highest BCUT2D eigenvalue weighted by molar-refractivity contribution is 6.68. The number of nitro benzene ring substituents is 1. The van der Waals surface area contributed by atoms with E-state index >= 15 is 0 Å². The summed E-state index contributed by atoms with van der Waals surface area (Å²) in [6.45, 7) is 2.03. The van der Waals surface area contributed by atoms with Crippen molar-refractivity contribution in [2.24, 2.45) is 0 Å². The third-order valence-corrected chi connectivity index (χ3v) is 3.49. The van der Waals surface area contributed by atoms with Gasteiger partial charge in [0.2, 0.25) is 15.9 Å². The van der Waals surface area contributed by atoms with Crippen molar-refractivity contribution in [2.45, 2.75) is 42.6 Å². The van der Waals surface area contributed by atoms with Crippen molar-refractivity contribution >= 4 is 46.4 Å². The van der Waals surface area contributed by atoms with E-state index in [4.69, 9.17) is 39.5 Å². The lowest BCUT2D eigenvalue weighted by Crippen LogP contribution is -2.47. The summed E-state index contributed by atoms with van der Waals surface area (Å²) in [5.74, 6) is -0.0579. The first-order valence-corrected chi connectivity index (χ1v) is 8.14. The Morgan fingerprint density at radius 3 is 2.39 bits per heavy atom. The molecule has 1 rings (SSSR count). The molecular formula is C14H17Cl3N2O4. The zero-order chi connectivity index (χ0) is 17.5. The van der Waals surface area contributed by atoms with Crippen molar-refractivity contribution in [3.8, 4) is 5.75 Å². The molecule has 0 radical (unpaired) electrons. The second-order valence-corrected chi connectivity index (χ2v) is 7.18. The van der Waals surface area contributed by atoms with E-state index in [-0.39, 0.29) is 17.3 Å². The van der Waals surface area contributed by atoms with Gasteiger partial charge in [0, 0.05) is 18.6 Å². The average molecular weight is 384 g/mol. The van der Waals surface area contributed by atoms with E-state index in [1.807, 2.05) is 6.92 Å². The van der Waals surface area contributed by atoms with Crippen LogP contribution < -0.4 is 10.1 Å². The zero-order valence-electron chi connectivity index (χ0n) is 12.4. The van der Waals surface area contributed by atoms with Gasteiger partial charge in [0.15, 0.2) is 0 Å². The number of nitrogens with zero attached hydrogens (tertiary/aromatic N) is 1. The first-order chi connectivity index (χ1) is 10.7. The fourth-order valence-electron chi connectivity index (χ4n) is 1.71. The number of nitrogens with one attached hydrogen (secondary N) is 1. The van der Waals surface area contributed by atoms with Gasteiger partial charge in [0.05, 0.1) is 4.92 Å². The van der Waals surface area contributed by atoms with Crippen LogP contribution in [-0.4, -0.2) is 20.9 Å². The van der Waals surface area contributed by atoms with Crippen LogP contribution in [0, 0.1) is 10.1 Å². The number of carbonyl (C=O) groups is 1. The zero-order valence-corrected chi connectivity index (χ0v) is 14.7. The molecule has 0 bridgehead atoms. The number of hydrogen-bond acceptors (Lipinski definition) is 4. The number of alkyl halides is 3. The van der Waals surface area contributed by atoms with Crippen molar-refractivity contribution in [1.29, 1.82) is 0 Å². The lowest BCUT2D eigenvalue weighted by molar-refractivity contribution is -0.384. The predicted molar refractivity (Wildman–Crippen MR) is 90.1 cm³/mol. The number of nitro groups is 1. The summed E-state index contributed by atoms with van der Waals surface area (Å²) in [5.41, 5.74) is -0.0913. The minimum atomic E-state index is -1.89. The van der Waals surface area contributed by atoms with E-state index in [0.717, 1.165) is 19.3 Å². The minimum absolute atomic E-state index is 0.0913. The van der Waals surface area contributed by atoms with Crippen LogP contribution in [0.25, 0.3) is 0 Å². The maximum absolute atomic E-state index is 11.9. The number of amides is 1. The average Bonchev–Trinajstić information content (AvgIpc) is 2.46. The number of hydrogen-bond donors (Lipinski definition) is 1. The summed E-state index contributed by atoms with van der Waals surface area (Å²) in [6.07, 6.45) is 1.74. The monoisotopic (exact) mass is 382 g/mol. The van der Waals surface area contributed by atoms with Gasteiger partial charge >= 0.3 is 0 Å². The van der Waals surface area contributed by atoms with Crippen LogP contribution in [0.3, 0.4) is 0 Å². The van der Waals surface area contributed by atoms with Crippen molar-refractivity contribution in [3.63, 3.8) is 0 Å². The van der Waals surface area contributed by atoms with E-state index in [0.29, 0.717) is 6.42 Å². The van der Waals surface area contributed by atoms with Crippen LogP contribution in [0.4, 0.5) is 5.69 Å². The maximum Gasteiger partial charge on any atom is 0.269 e. The molecule has 0 saturated carbocycles. The Bertz CT molecular complexity index is 532. The van der Waals surface area contributed by atoms with E-state index in [2.05, 4.69) is 5.32 Å². The summed E-state index contributed by atoms with van der Waals surface area (Å²) < 4.78 is 3.55. The van der Waals surface area contributed by atoms with Crippen LogP contribution in [0.5, 0.6) is 5.75 Å². The highest BCUT2D eigenvalue weighted by Crippen LogP contribution is 2.32. The molecule has 0 saturated heterocycles. The Morgan fingerprint density at radius 2 is 1.91 bits per heavy atom. The van der Waals surface area contributed by atoms with Gasteiger partial charge in [-0.05, 0) is 18.6 Å². The third kappa shape index (κ3) is 7.24. The van der Waals surface area contributed by atoms with Gasteiger partial charge in [-0.1, -0.05) is 54.6 Å². The van der Waals surface area contributed by atoms with E-state index < -0.39 is 14.9 Å². The first-order valence-electron chi connectivity index (χ1n) is 7.01. The van der Waals surface area contributed by atoms with Crippen molar-refractivity contribution in [3.05, 3.63) is 34.4 Å². The van der Waals surface area contributed by atoms with Gasteiger partial charge in [-0.15, -0.1) is 0 Å². The molecule has 1 amide bonds. The summed E-state index contributed by atoms with van der Waals surface area (Å²) in [6, 6.07) is 5.25. The topological polar surface area (TPSA) is 81.5 Å². The predicted octanol–water partition coefficient (Wildman–Crippen LogP) is 4.37. The van der Waals surface area contributed by atoms with Gasteiger partial charge in [0.1, 0.15) is 5.75 Å². The lowest BCUT2D eigenvalue weighted by Gasteiger charge is -2.26. The van der Waals surface area contributed by atoms with E-state index in [1.54, 1.807) is 0 Å². The van der Waals surface area contributed by atoms with Crippen molar-refractivity contribution < 1.29 is 14.5 Å². The van der Waals surface area contributed by atoms with Crippen LogP contribution in [0.15, 0.2) is 24.3 Å². The summed E-state index contributed by atoms with van der Waals surface area (Å²) in [7, 11) is 0. The van der Waals surface area contributed by atoms with Crippen molar-refractivity contribution in [1.82, 2.24) is 5.32 Å². The van der Waals surface area contributed by atoms with E-state index in [1.165, 1.54) is 24.3 Å². The lowest BCUT2D eigenvalue weighted by atomic mass is 10.2. The van der Waals surface area contributed by atoms with Crippen LogP contribution >= 0.6 is 34.8 Å². The highest BCUT2D eigenvalue weighted by atomic mass is 35.6. The molecule has 1 aromatic carbocycles. The second-order valence-electron chi connectivity index (χ2n) is 4.82. The smallest absolute Gasteiger partial charge is 0.269 e. The number of carbonyl (C=O) groups excluding carboxylic acids is 1. The fraction of sp³-hybridized carbons (Fsp3) is 0.500. The molecule has 0 aliphatic rings. The van der Waals surface area contributed by atoms with Crippen LogP contribution in [0.2, 0.25) is 0 Å². The molecule has 0 fully saturated rings. The molecule has 0 spiro atoms. The van der Waals surface area contributed by atoms with Gasteiger partial charge < -0.3 is 10.1 Å². The first kappa shape index (κ1) is 19.8. The summed E-state index contributed by atoms with van der Waals surface area (Å²) >= 11 is 17.5. The molecule has 0 aliphatic heterocycles. The van der Waals surface area contributed by atoms with Gasteiger partial charge in [-0.3, -0.25) is 14.9 Å². The van der Waals surface area contributed by atoms with Gasteiger partial charge in [0.25, 0.3) is 5.69 Å². The Balaban J connectivity index is 2.71. The Kier molecular flexibility index (Phi) is 7.88. The Hall–Kier alpha value is -1.24.